The Bertz CT molecular complexity index is 1050. The molecule has 2 heterocycles. The van der Waals surface area contributed by atoms with Gasteiger partial charge >= 0.3 is 5.97 Å². The fourth-order valence-corrected chi connectivity index (χ4v) is 5.31. The summed E-state index contributed by atoms with van der Waals surface area (Å²) in [5.41, 5.74) is 2.39. The fourth-order valence-electron chi connectivity index (χ4n) is 3.75. The Morgan fingerprint density at radius 1 is 1.22 bits per heavy atom. The molecule has 2 aromatic rings. The number of fused-ring (bicyclic) bond motifs is 2. The lowest BCUT2D eigenvalue weighted by Crippen LogP contribution is -2.33. The summed E-state index contributed by atoms with van der Waals surface area (Å²) in [5.74, 6) is -1.66. The molecule has 1 unspecified atom stereocenters. The van der Waals surface area contributed by atoms with Crippen molar-refractivity contribution in [1.82, 2.24) is 5.32 Å². The minimum absolute atomic E-state index is 0.0316. The number of rotatable bonds is 4. The number of carbonyl (C=O) groups excluding carboxylic acids is 1. The van der Waals surface area contributed by atoms with Crippen molar-refractivity contribution in [3.63, 3.8) is 0 Å². The van der Waals surface area contributed by atoms with Crippen LogP contribution in [0.4, 0.5) is 5.69 Å². The molecule has 140 valence electrons. The average Bonchev–Trinajstić information content (AvgIpc) is 3.01. The summed E-state index contributed by atoms with van der Waals surface area (Å²) >= 11 is 0. The summed E-state index contributed by atoms with van der Waals surface area (Å²) in [6.07, 6.45) is 0.518. The molecule has 0 spiro atoms. The summed E-state index contributed by atoms with van der Waals surface area (Å²) in [6, 6.07) is 11.5. The van der Waals surface area contributed by atoms with Gasteiger partial charge in [0.25, 0.3) is 15.9 Å². The van der Waals surface area contributed by atoms with Crippen LogP contribution in [0.15, 0.2) is 47.4 Å². The molecule has 4 rings (SSSR count). The summed E-state index contributed by atoms with van der Waals surface area (Å²) in [6.45, 7) is 0.603. The Morgan fingerprint density at radius 3 is 2.78 bits per heavy atom. The van der Waals surface area contributed by atoms with Crippen molar-refractivity contribution >= 4 is 27.6 Å². The van der Waals surface area contributed by atoms with Crippen molar-refractivity contribution in [1.29, 1.82) is 0 Å². The SMILES string of the molecule is O=C(O)CC1CN(S(=O)(=O)c2ccc3c(c2)C(=O)NCC3)c2ccccc21. The Labute approximate surface area is 156 Å². The molecule has 2 aromatic carbocycles. The number of nitrogens with zero attached hydrogens (tertiary/aromatic N) is 1. The second kappa shape index (κ2) is 6.38. The van der Waals surface area contributed by atoms with Crippen molar-refractivity contribution in [2.45, 2.75) is 23.7 Å². The third kappa shape index (κ3) is 2.95. The van der Waals surface area contributed by atoms with Gasteiger partial charge in [-0.2, -0.15) is 0 Å². The van der Waals surface area contributed by atoms with Crippen LogP contribution in [0, 0.1) is 0 Å². The van der Waals surface area contributed by atoms with Gasteiger partial charge in [0, 0.05) is 24.6 Å². The number of para-hydroxylation sites is 1. The molecule has 0 saturated carbocycles. The van der Waals surface area contributed by atoms with Crippen LogP contribution in [0.5, 0.6) is 0 Å². The zero-order chi connectivity index (χ0) is 19.2. The van der Waals surface area contributed by atoms with Crippen molar-refractivity contribution in [3.8, 4) is 0 Å². The molecule has 0 saturated heterocycles. The van der Waals surface area contributed by atoms with Crippen molar-refractivity contribution in [2.24, 2.45) is 0 Å². The van der Waals surface area contributed by atoms with E-state index in [1.54, 1.807) is 30.3 Å². The van der Waals surface area contributed by atoms with Crippen LogP contribution in [-0.2, 0) is 21.2 Å². The molecule has 0 aromatic heterocycles. The second-order valence-corrected chi connectivity index (χ2v) is 8.58. The first-order valence-electron chi connectivity index (χ1n) is 8.62. The molecular formula is C19H18N2O5S. The van der Waals surface area contributed by atoms with E-state index in [-0.39, 0.29) is 23.8 Å². The van der Waals surface area contributed by atoms with E-state index >= 15 is 0 Å². The van der Waals surface area contributed by atoms with E-state index in [1.165, 1.54) is 16.4 Å². The highest BCUT2D eigenvalue weighted by Gasteiger charge is 2.37. The van der Waals surface area contributed by atoms with Crippen LogP contribution in [0.3, 0.4) is 0 Å². The van der Waals surface area contributed by atoms with E-state index in [9.17, 15) is 18.0 Å². The number of nitrogens with one attached hydrogen (secondary N) is 1. The Hall–Kier alpha value is -2.87. The largest absolute Gasteiger partial charge is 0.481 e. The van der Waals surface area contributed by atoms with E-state index in [1.807, 2.05) is 0 Å². The lowest BCUT2D eigenvalue weighted by Gasteiger charge is -2.22. The normalized spacial score (nSPS) is 18.6. The van der Waals surface area contributed by atoms with Gasteiger partial charge < -0.3 is 10.4 Å². The van der Waals surface area contributed by atoms with Gasteiger partial charge in [-0.1, -0.05) is 24.3 Å². The Morgan fingerprint density at radius 2 is 2.00 bits per heavy atom. The van der Waals surface area contributed by atoms with Gasteiger partial charge in [-0.25, -0.2) is 8.42 Å². The quantitative estimate of drug-likeness (QED) is 0.833. The number of hydrogen-bond acceptors (Lipinski definition) is 4. The molecule has 2 N–H and O–H groups in total. The number of anilines is 1. The number of hydrogen-bond donors (Lipinski definition) is 2. The summed E-state index contributed by atoms with van der Waals surface area (Å²) in [7, 11) is -3.92. The van der Waals surface area contributed by atoms with Crippen molar-refractivity contribution in [2.75, 3.05) is 17.4 Å². The van der Waals surface area contributed by atoms with E-state index in [0.29, 0.717) is 29.8 Å². The number of aliphatic carboxylic acids is 1. The minimum Gasteiger partial charge on any atom is -0.481 e. The zero-order valence-corrected chi connectivity index (χ0v) is 15.2. The number of carboxylic acid groups (broad SMARTS) is 1. The first-order chi connectivity index (χ1) is 12.9. The predicted octanol–water partition coefficient (Wildman–Crippen LogP) is 1.74. The topological polar surface area (TPSA) is 104 Å². The van der Waals surface area contributed by atoms with Crippen LogP contribution >= 0.6 is 0 Å². The van der Waals surface area contributed by atoms with Crippen LogP contribution in [0.1, 0.15) is 33.8 Å². The molecule has 1 atom stereocenters. The number of carbonyl (C=O) groups is 2. The summed E-state index contributed by atoms with van der Waals surface area (Å²) in [4.78, 5) is 23.3. The molecule has 7 nitrogen and oxygen atoms in total. The third-order valence-electron chi connectivity index (χ3n) is 5.05. The fraction of sp³-hybridized carbons (Fsp3) is 0.263. The third-order valence-corrected chi connectivity index (χ3v) is 6.82. The van der Waals surface area contributed by atoms with Crippen molar-refractivity contribution < 1.29 is 23.1 Å². The molecule has 1 amide bonds. The first-order valence-corrected chi connectivity index (χ1v) is 10.1. The molecule has 0 fully saturated rings. The van der Waals surface area contributed by atoms with E-state index in [4.69, 9.17) is 5.11 Å². The first kappa shape index (κ1) is 17.5. The lowest BCUT2D eigenvalue weighted by atomic mass is 9.98. The minimum atomic E-state index is -3.92. The van der Waals surface area contributed by atoms with Gasteiger partial charge in [0.05, 0.1) is 17.0 Å². The van der Waals surface area contributed by atoms with E-state index in [0.717, 1.165) is 5.56 Å². The molecule has 0 bridgehead atoms. The highest BCUT2D eigenvalue weighted by molar-refractivity contribution is 7.92. The molecule has 0 radical (unpaired) electrons. The van der Waals surface area contributed by atoms with E-state index < -0.39 is 21.9 Å². The number of benzene rings is 2. The van der Waals surface area contributed by atoms with Gasteiger partial charge in [0.15, 0.2) is 0 Å². The maximum absolute atomic E-state index is 13.3. The lowest BCUT2D eigenvalue weighted by molar-refractivity contribution is -0.137. The summed E-state index contributed by atoms with van der Waals surface area (Å²) < 4.78 is 27.8. The maximum atomic E-state index is 13.3. The second-order valence-electron chi connectivity index (χ2n) is 6.71. The van der Waals surface area contributed by atoms with Crippen LogP contribution in [0.25, 0.3) is 0 Å². The highest BCUT2D eigenvalue weighted by Crippen LogP contribution is 2.41. The van der Waals surface area contributed by atoms with Gasteiger partial charge in [-0.05, 0) is 35.7 Å². The van der Waals surface area contributed by atoms with Gasteiger partial charge in [-0.3, -0.25) is 13.9 Å². The number of sulfonamides is 1. The smallest absolute Gasteiger partial charge is 0.304 e. The molecule has 8 heteroatoms. The van der Waals surface area contributed by atoms with Crippen LogP contribution < -0.4 is 9.62 Å². The maximum Gasteiger partial charge on any atom is 0.304 e. The molecule has 2 aliphatic heterocycles. The van der Waals surface area contributed by atoms with Gasteiger partial charge in [-0.15, -0.1) is 0 Å². The molecule has 0 aliphatic carbocycles. The highest BCUT2D eigenvalue weighted by atomic mass is 32.2. The average molecular weight is 386 g/mol. The Balaban J connectivity index is 1.76. The molecule has 27 heavy (non-hydrogen) atoms. The van der Waals surface area contributed by atoms with Crippen molar-refractivity contribution in [3.05, 3.63) is 59.2 Å². The number of carboxylic acids is 1. The Kier molecular flexibility index (Phi) is 4.15. The molecular weight excluding hydrogens is 368 g/mol. The predicted molar refractivity (Wildman–Crippen MR) is 98.4 cm³/mol. The van der Waals surface area contributed by atoms with Crippen LogP contribution in [-0.4, -0.2) is 38.5 Å². The molecule has 2 aliphatic rings. The van der Waals surface area contributed by atoms with Gasteiger partial charge in [0.2, 0.25) is 0 Å². The van der Waals surface area contributed by atoms with Crippen LogP contribution in [0.2, 0.25) is 0 Å². The van der Waals surface area contributed by atoms with Gasteiger partial charge in [0.1, 0.15) is 0 Å². The monoisotopic (exact) mass is 386 g/mol. The van der Waals surface area contributed by atoms with E-state index in [2.05, 4.69) is 5.32 Å². The number of amides is 1. The zero-order valence-electron chi connectivity index (χ0n) is 14.4. The summed E-state index contributed by atoms with van der Waals surface area (Å²) in [5, 5.41) is 11.9. The standard InChI is InChI=1S/C19H18N2O5S/c22-18(23)9-13-11-21(17-4-2-1-3-15(13)17)27(25,26)14-6-5-12-7-8-20-19(24)16(12)10-14/h1-6,10,13H,7-9,11H2,(H,20,24)(H,22,23).